The van der Waals surface area contributed by atoms with Gasteiger partial charge in [0.05, 0.1) is 6.61 Å². The van der Waals surface area contributed by atoms with E-state index in [1.165, 1.54) is 0 Å². The predicted octanol–water partition coefficient (Wildman–Crippen LogP) is -2.31. The Balaban J connectivity index is -0.000000245. The van der Waals surface area contributed by atoms with Gasteiger partial charge in [-0.15, -0.1) is 6.58 Å². The van der Waals surface area contributed by atoms with Gasteiger partial charge in [0.2, 0.25) is 0 Å². The molecule has 0 saturated carbocycles. The zero-order chi connectivity index (χ0) is 6.24. The van der Waals surface area contributed by atoms with E-state index in [1.54, 1.807) is 6.08 Å². The molecule has 0 aliphatic heterocycles. The molecule has 0 unspecified atom stereocenters. The van der Waals surface area contributed by atoms with E-state index in [9.17, 15) is 0 Å². The molecule has 0 aromatic rings. The molecule has 1 N–H and O–H groups in total. The molecule has 3 heteroatoms. The molecule has 0 atom stereocenters. The van der Waals surface area contributed by atoms with Crippen molar-refractivity contribution < 1.29 is 40.8 Å². The number of aliphatic hydroxyl groups is 1. The second-order valence-corrected chi connectivity index (χ2v) is 1.44. The summed E-state index contributed by atoms with van der Waals surface area (Å²) in [4.78, 5) is 0. The van der Waals surface area contributed by atoms with Crippen molar-refractivity contribution in [2.45, 2.75) is 6.42 Å². The van der Waals surface area contributed by atoms with Gasteiger partial charge in [-0.25, -0.2) is 0 Å². The second kappa shape index (κ2) is 11.5. The van der Waals surface area contributed by atoms with Gasteiger partial charge in [-0.3, -0.25) is 0 Å². The van der Waals surface area contributed by atoms with Crippen LogP contribution in [0.3, 0.4) is 0 Å². The fourth-order valence-electron chi connectivity index (χ4n) is 0.333. The molecular weight excluding hydrogens is 127 g/mol. The third-order valence-corrected chi connectivity index (χ3v) is 0.682. The Hall–Kier alpha value is 0.660. The number of hydrogen-bond acceptors (Lipinski definition) is 2. The van der Waals surface area contributed by atoms with Crippen molar-refractivity contribution in [1.29, 1.82) is 0 Å². The molecule has 0 radical (unpaired) electrons. The zero-order valence-corrected chi connectivity index (χ0v) is 7.97. The Morgan fingerprint density at radius 3 is 2.78 bits per heavy atom. The summed E-state index contributed by atoms with van der Waals surface area (Å²) in [6.07, 6.45) is 2.41. The molecule has 50 valence electrons. The molecule has 2 nitrogen and oxygen atoms in total. The van der Waals surface area contributed by atoms with E-state index in [2.05, 4.69) is 6.58 Å². The summed E-state index contributed by atoms with van der Waals surface area (Å²) in [6, 6.07) is 0. The van der Waals surface area contributed by atoms with Gasteiger partial charge in [-0.05, 0) is 6.42 Å². The van der Waals surface area contributed by atoms with Gasteiger partial charge in [-0.1, -0.05) is 6.08 Å². The molecular formula is C6H13NaO2. The maximum atomic E-state index is 8.26. The van der Waals surface area contributed by atoms with E-state index in [0.29, 0.717) is 19.6 Å². The Morgan fingerprint density at radius 1 is 1.67 bits per heavy atom. The maximum Gasteiger partial charge on any atom is 1.00 e. The monoisotopic (exact) mass is 140 g/mol. The Morgan fingerprint density at radius 2 is 2.33 bits per heavy atom. The first-order valence-corrected chi connectivity index (χ1v) is 2.71. The number of ether oxygens (including phenoxy) is 1. The summed E-state index contributed by atoms with van der Waals surface area (Å²) in [5.41, 5.74) is 0. The second-order valence-electron chi connectivity index (χ2n) is 1.44. The molecule has 0 aliphatic carbocycles. The average Bonchev–Trinajstić information content (AvgIpc) is 1.81. The quantitative estimate of drug-likeness (QED) is 0.264. The molecule has 0 aromatic heterocycles. The summed E-state index contributed by atoms with van der Waals surface area (Å²) in [5, 5.41) is 8.26. The third-order valence-electron chi connectivity index (χ3n) is 0.682. The van der Waals surface area contributed by atoms with E-state index in [1.807, 2.05) is 0 Å². The van der Waals surface area contributed by atoms with Crippen LogP contribution in [0.2, 0.25) is 0 Å². The van der Waals surface area contributed by atoms with Crippen LogP contribution >= 0.6 is 0 Å². The van der Waals surface area contributed by atoms with Crippen LogP contribution in [-0.2, 0) is 4.74 Å². The summed E-state index contributed by atoms with van der Waals surface area (Å²) in [7, 11) is 0. The van der Waals surface area contributed by atoms with Crippen molar-refractivity contribution in [1.82, 2.24) is 0 Å². The van der Waals surface area contributed by atoms with Crippen LogP contribution in [0.1, 0.15) is 7.85 Å². The van der Waals surface area contributed by atoms with E-state index >= 15 is 0 Å². The van der Waals surface area contributed by atoms with E-state index in [4.69, 9.17) is 9.84 Å². The van der Waals surface area contributed by atoms with Gasteiger partial charge in [0.1, 0.15) is 0 Å². The summed E-state index contributed by atoms with van der Waals surface area (Å²) < 4.78 is 4.95. The molecule has 0 aliphatic rings. The van der Waals surface area contributed by atoms with Crippen molar-refractivity contribution in [3.63, 3.8) is 0 Å². The van der Waals surface area contributed by atoms with Crippen molar-refractivity contribution in [2.24, 2.45) is 0 Å². The third kappa shape index (κ3) is 12.0. The minimum absolute atomic E-state index is 0. The van der Waals surface area contributed by atoms with Crippen LogP contribution in [0.4, 0.5) is 0 Å². The molecule has 0 saturated heterocycles. The minimum atomic E-state index is 0. The van der Waals surface area contributed by atoms with Crippen LogP contribution in [0.5, 0.6) is 0 Å². The largest absolute Gasteiger partial charge is 1.00 e. The van der Waals surface area contributed by atoms with Crippen LogP contribution in [0.15, 0.2) is 12.7 Å². The van der Waals surface area contributed by atoms with E-state index in [-0.39, 0.29) is 37.6 Å². The van der Waals surface area contributed by atoms with Crippen molar-refractivity contribution in [3.8, 4) is 0 Å². The van der Waals surface area contributed by atoms with Gasteiger partial charge in [0, 0.05) is 13.2 Å². The number of hydrogen-bond donors (Lipinski definition) is 1. The standard InChI is InChI=1S/C6H12O2.Na.H/c1-2-5-8-6-3-4-7;;/h2,7H,1,3-6H2;;/q;+1;-1. The maximum absolute atomic E-state index is 8.26. The Bertz CT molecular complexity index is 61.7. The Labute approximate surface area is 79.7 Å². The molecule has 0 rings (SSSR count). The summed E-state index contributed by atoms with van der Waals surface area (Å²) in [6.45, 7) is 4.89. The first-order valence-electron chi connectivity index (χ1n) is 2.71. The summed E-state index contributed by atoms with van der Waals surface area (Å²) >= 11 is 0. The average molecular weight is 140 g/mol. The van der Waals surface area contributed by atoms with Gasteiger partial charge in [0.15, 0.2) is 0 Å². The first kappa shape index (κ1) is 12.3. The normalized spacial score (nSPS) is 8.11. The Kier molecular flexibility index (Phi) is 15.7. The predicted molar refractivity (Wildman–Crippen MR) is 33.8 cm³/mol. The smallest absolute Gasteiger partial charge is 1.00 e. The minimum Gasteiger partial charge on any atom is -1.00 e. The van der Waals surface area contributed by atoms with Gasteiger partial charge in [-0.2, -0.15) is 0 Å². The first-order chi connectivity index (χ1) is 3.91. The molecule has 0 aromatic carbocycles. The molecule has 0 amide bonds. The number of aliphatic hydroxyl groups excluding tert-OH is 1. The molecule has 0 heterocycles. The number of rotatable bonds is 5. The van der Waals surface area contributed by atoms with E-state index in [0.717, 1.165) is 0 Å². The zero-order valence-electron chi connectivity index (χ0n) is 6.97. The molecule has 0 bridgehead atoms. The van der Waals surface area contributed by atoms with Crippen molar-refractivity contribution in [3.05, 3.63) is 12.7 Å². The van der Waals surface area contributed by atoms with Crippen molar-refractivity contribution in [2.75, 3.05) is 19.8 Å². The van der Waals surface area contributed by atoms with E-state index < -0.39 is 0 Å². The van der Waals surface area contributed by atoms with Crippen LogP contribution < -0.4 is 29.6 Å². The fourth-order valence-corrected chi connectivity index (χ4v) is 0.333. The van der Waals surface area contributed by atoms with Crippen molar-refractivity contribution >= 4 is 0 Å². The fraction of sp³-hybridized carbons (Fsp3) is 0.667. The molecule has 0 fully saturated rings. The molecule has 9 heavy (non-hydrogen) atoms. The van der Waals surface area contributed by atoms with Crippen LogP contribution in [0.25, 0.3) is 0 Å². The summed E-state index contributed by atoms with van der Waals surface area (Å²) in [5.74, 6) is 0. The SMILES string of the molecule is C=CCOCCCO.[H-].[Na+]. The van der Waals surface area contributed by atoms with Crippen LogP contribution in [-0.4, -0.2) is 24.9 Å². The van der Waals surface area contributed by atoms with Gasteiger partial charge in [0.25, 0.3) is 0 Å². The van der Waals surface area contributed by atoms with Gasteiger partial charge < -0.3 is 11.3 Å². The topological polar surface area (TPSA) is 29.5 Å². The van der Waals surface area contributed by atoms with Crippen LogP contribution in [0, 0.1) is 0 Å². The molecule has 0 spiro atoms. The van der Waals surface area contributed by atoms with Gasteiger partial charge >= 0.3 is 29.6 Å².